The molecule has 0 aromatic heterocycles. The average Bonchev–Trinajstić information content (AvgIpc) is 2.80. The van der Waals surface area contributed by atoms with Crippen LogP contribution in [0.5, 0.6) is 11.5 Å². The number of carbonyl (C=O) groups is 2. The number of rotatable bonds is 12. The number of amides is 2. The van der Waals surface area contributed by atoms with E-state index < -0.39 is 6.04 Å². The molecule has 174 valence electrons. The van der Waals surface area contributed by atoms with E-state index in [2.05, 4.69) is 5.32 Å². The minimum atomic E-state index is -0.597. The molecule has 0 aliphatic heterocycles. The van der Waals surface area contributed by atoms with Crippen LogP contribution in [0.25, 0.3) is 0 Å². The highest BCUT2D eigenvalue weighted by Crippen LogP contribution is 2.18. The molecule has 0 fully saturated rings. The van der Waals surface area contributed by atoms with Crippen LogP contribution in [0.2, 0.25) is 5.02 Å². The van der Waals surface area contributed by atoms with Gasteiger partial charge in [-0.15, -0.1) is 0 Å². The molecule has 2 aromatic carbocycles. The lowest BCUT2D eigenvalue weighted by molar-refractivity contribution is -0.141. The van der Waals surface area contributed by atoms with Crippen molar-refractivity contribution in [2.24, 2.45) is 0 Å². The maximum Gasteiger partial charge on any atom is 0.242 e. The van der Waals surface area contributed by atoms with Crippen molar-refractivity contribution in [1.29, 1.82) is 0 Å². The third-order valence-electron chi connectivity index (χ3n) is 5.27. The predicted molar refractivity (Wildman–Crippen MR) is 127 cm³/mol. The molecule has 0 saturated heterocycles. The van der Waals surface area contributed by atoms with Crippen molar-refractivity contribution in [3.63, 3.8) is 0 Å². The summed E-state index contributed by atoms with van der Waals surface area (Å²) < 4.78 is 11.0. The van der Waals surface area contributed by atoms with Crippen molar-refractivity contribution < 1.29 is 19.1 Å². The van der Waals surface area contributed by atoms with Crippen LogP contribution in [0, 0.1) is 0 Å². The first-order valence-electron chi connectivity index (χ1n) is 10.9. The topological polar surface area (TPSA) is 67.9 Å². The van der Waals surface area contributed by atoms with Gasteiger partial charge in [0.25, 0.3) is 0 Å². The Kier molecular flexibility index (Phi) is 10.3. The summed E-state index contributed by atoms with van der Waals surface area (Å²) in [4.78, 5) is 27.5. The van der Waals surface area contributed by atoms with E-state index in [0.29, 0.717) is 36.1 Å². The van der Waals surface area contributed by atoms with E-state index in [9.17, 15) is 9.59 Å². The van der Waals surface area contributed by atoms with Crippen LogP contribution < -0.4 is 14.8 Å². The molecule has 0 aliphatic rings. The molecule has 7 heteroatoms. The fourth-order valence-corrected chi connectivity index (χ4v) is 3.23. The van der Waals surface area contributed by atoms with Crippen LogP contribution in [0.1, 0.15) is 45.6 Å². The highest BCUT2D eigenvalue weighted by Gasteiger charge is 2.26. The second-order valence-corrected chi connectivity index (χ2v) is 8.21. The lowest BCUT2D eigenvalue weighted by atomic mass is 10.1. The van der Waals surface area contributed by atoms with E-state index in [1.165, 1.54) is 0 Å². The number of benzene rings is 2. The van der Waals surface area contributed by atoms with Gasteiger partial charge in [0.2, 0.25) is 11.8 Å². The molecule has 2 atom stereocenters. The Labute approximate surface area is 195 Å². The standard InChI is InChI=1S/C25H33ClN2O4/c1-5-18(2)27-25(30)19(3)28(17-20-8-6-9-23(16-20)31-4)24(29)10-7-15-32-22-13-11-21(26)12-14-22/h6,8-9,11-14,16,18-19H,5,7,10,15,17H2,1-4H3,(H,27,30)/t18-,19+/m0/s1. The van der Waals surface area contributed by atoms with E-state index >= 15 is 0 Å². The van der Waals surface area contributed by atoms with E-state index in [4.69, 9.17) is 21.1 Å². The summed E-state index contributed by atoms with van der Waals surface area (Å²) in [6, 6.07) is 14.1. The number of halogens is 1. The van der Waals surface area contributed by atoms with Gasteiger partial charge in [0.15, 0.2) is 0 Å². The van der Waals surface area contributed by atoms with Crippen molar-refractivity contribution >= 4 is 23.4 Å². The fourth-order valence-electron chi connectivity index (χ4n) is 3.10. The van der Waals surface area contributed by atoms with Crippen LogP contribution in [-0.2, 0) is 16.1 Å². The Morgan fingerprint density at radius 2 is 1.81 bits per heavy atom. The highest BCUT2D eigenvalue weighted by molar-refractivity contribution is 6.30. The Hall–Kier alpha value is -2.73. The Morgan fingerprint density at radius 1 is 1.09 bits per heavy atom. The van der Waals surface area contributed by atoms with Gasteiger partial charge in [-0.25, -0.2) is 0 Å². The number of carbonyl (C=O) groups excluding carboxylic acids is 2. The fraction of sp³-hybridized carbons (Fsp3) is 0.440. The SMILES string of the molecule is CC[C@H](C)NC(=O)[C@@H](C)N(Cc1cccc(OC)c1)C(=O)CCCOc1ccc(Cl)cc1. The maximum absolute atomic E-state index is 13.1. The minimum Gasteiger partial charge on any atom is -0.497 e. The quantitative estimate of drug-likeness (QED) is 0.460. The molecule has 0 bridgehead atoms. The molecule has 2 amide bonds. The smallest absolute Gasteiger partial charge is 0.242 e. The summed E-state index contributed by atoms with van der Waals surface area (Å²) >= 11 is 5.88. The van der Waals surface area contributed by atoms with Crippen LogP contribution in [0.3, 0.4) is 0 Å². The maximum atomic E-state index is 13.1. The summed E-state index contributed by atoms with van der Waals surface area (Å²) in [6.45, 7) is 6.44. The summed E-state index contributed by atoms with van der Waals surface area (Å²) in [5.74, 6) is 1.16. The summed E-state index contributed by atoms with van der Waals surface area (Å²) in [6.07, 6.45) is 1.64. The Morgan fingerprint density at radius 3 is 2.47 bits per heavy atom. The van der Waals surface area contributed by atoms with Gasteiger partial charge in [-0.3, -0.25) is 9.59 Å². The number of nitrogens with zero attached hydrogens (tertiary/aromatic N) is 1. The second-order valence-electron chi connectivity index (χ2n) is 7.77. The third kappa shape index (κ3) is 8.08. The summed E-state index contributed by atoms with van der Waals surface area (Å²) in [7, 11) is 1.60. The predicted octanol–water partition coefficient (Wildman–Crippen LogP) is 4.84. The molecule has 1 N–H and O–H groups in total. The highest BCUT2D eigenvalue weighted by atomic mass is 35.5. The van der Waals surface area contributed by atoms with Gasteiger partial charge in [-0.05, 0) is 68.7 Å². The first-order valence-corrected chi connectivity index (χ1v) is 11.3. The van der Waals surface area contributed by atoms with E-state index in [0.717, 1.165) is 12.0 Å². The van der Waals surface area contributed by atoms with Crippen LogP contribution >= 0.6 is 11.6 Å². The lowest BCUT2D eigenvalue weighted by Gasteiger charge is -2.30. The van der Waals surface area contributed by atoms with Crippen LogP contribution in [0.15, 0.2) is 48.5 Å². The molecule has 0 radical (unpaired) electrons. The van der Waals surface area contributed by atoms with Gasteiger partial charge in [0.1, 0.15) is 17.5 Å². The molecule has 6 nitrogen and oxygen atoms in total. The van der Waals surface area contributed by atoms with E-state index in [1.54, 1.807) is 43.2 Å². The van der Waals surface area contributed by atoms with Crippen molar-refractivity contribution in [3.05, 3.63) is 59.1 Å². The Bertz CT molecular complexity index is 873. The van der Waals surface area contributed by atoms with Gasteiger partial charge in [-0.1, -0.05) is 30.7 Å². The first-order chi connectivity index (χ1) is 15.3. The van der Waals surface area contributed by atoms with Gasteiger partial charge >= 0.3 is 0 Å². The van der Waals surface area contributed by atoms with Crippen LogP contribution in [0.4, 0.5) is 0 Å². The molecule has 0 heterocycles. The zero-order valence-corrected chi connectivity index (χ0v) is 20.0. The number of hydrogen-bond donors (Lipinski definition) is 1. The molecule has 32 heavy (non-hydrogen) atoms. The van der Waals surface area contributed by atoms with Crippen molar-refractivity contribution in [2.45, 2.75) is 58.7 Å². The van der Waals surface area contributed by atoms with Crippen LogP contribution in [-0.4, -0.2) is 42.5 Å². The van der Waals surface area contributed by atoms with Crippen molar-refractivity contribution in [2.75, 3.05) is 13.7 Å². The van der Waals surface area contributed by atoms with Gasteiger partial charge in [0, 0.05) is 24.0 Å². The molecule has 0 spiro atoms. The molecule has 0 aliphatic carbocycles. The van der Waals surface area contributed by atoms with Crippen molar-refractivity contribution in [3.8, 4) is 11.5 Å². The largest absolute Gasteiger partial charge is 0.497 e. The average molecular weight is 461 g/mol. The summed E-state index contributed by atoms with van der Waals surface area (Å²) in [5.41, 5.74) is 0.901. The molecule has 0 saturated carbocycles. The lowest BCUT2D eigenvalue weighted by Crippen LogP contribution is -2.49. The number of nitrogens with one attached hydrogen (secondary N) is 1. The Balaban J connectivity index is 2.03. The monoisotopic (exact) mass is 460 g/mol. The van der Waals surface area contributed by atoms with E-state index in [1.807, 2.05) is 38.1 Å². The second kappa shape index (κ2) is 13.0. The third-order valence-corrected chi connectivity index (χ3v) is 5.52. The number of ether oxygens (including phenoxy) is 2. The molecule has 0 unspecified atom stereocenters. The number of methoxy groups -OCH3 is 1. The zero-order chi connectivity index (χ0) is 23.5. The van der Waals surface area contributed by atoms with Crippen molar-refractivity contribution in [1.82, 2.24) is 10.2 Å². The van der Waals surface area contributed by atoms with Gasteiger partial charge in [-0.2, -0.15) is 0 Å². The van der Waals surface area contributed by atoms with E-state index in [-0.39, 0.29) is 24.3 Å². The molecule has 2 rings (SSSR count). The molecular formula is C25H33ClN2O4. The minimum absolute atomic E-state index is 0.0477. The molecule has 2 aromatic rings. The number of hydrogen-bond acceptors (Lipinski definition) is 4. The normalized spacial score (nSPS) is 12.5. The van der Waals surface area contributed by atoms with Gasteiger partial charge < -0.3 is 19.7 Å². The zero-order valence-electron chi connectivity index (χ0n) is 19.3. The first kappa shape index (κ1) is 25.5. The van der Waals surface area contributed by atoms with Gasteiger partial charge in [0.05, 0.1) is 13.7 Å². The summed E-state index contributed by atoms with van der Waals surface area (Å²) in [5, 5.41) is 3.62. The molecular weight excluding hydrogens is 428 g/mol.